The van der Waals surface area contributed by atoms with Crippen molar-refractivity contribution in [2.24, 2.45) is 5.92 Å². The molecule has 3 N–H and O–H groups in total. The molecular formula is C26H30FN5O4. The van der Waals surface area contributed by atoms with Crippen LogP contribution in [0.15, 0.2) is 42.5 Å². The Labute approximate surface area is 208 Å². The van der Waals surface area contributed by atoms with Crippen molar-refractivity contribution in [3.63, 3.8) is 0 Å². The number of carbonyl (C=O) groups is 2. The zero-order chi connectivity index (χ0) is 25.1. The smallest absolute Gasteiger partial charge is 0.257 e. The fourth-order valence-corrected chi connectivity index (χ4v) is 5.17. The molecule has 1 aromatic heterocycles. The number of amides is 2. The maximum atomic E-state index is 13.3. The number of imidazole rings is 1. The predicted octanol–water partition coefficient (Wildman–Crippen LogP) is 3.50. The molecule has 1 saturated heterocycles. The molecule has 0 atom stereocenters. The van der Waals surface area contributed by atoms with Gasteiger partial charge in [-0.15, -0.1) is 0 Å². The van der Waals surface area contributed by atoms with E-state index in [1.54, 1.807) is 5.48 Å². The predicted molar refractivity (Wildman–Crippen MR) is 131 cm³/mol. The number of nitrogens with one attached hydrogen (secondary N) is 2. The molecule has 0 bridgehead atoms. The number of hydrogen-bond donors (Lipinski definition) is 3. The first-order chi connectivity index (χ1) is 17.5. The lowest BCUT2D eigenvalue weighted by molar-refractivity contribution is -0.134. The lowest BCUT2D eigenvalue weighted by Crippen LogP contribution is -2.35. The highest BCUT2D eigenvalue weighted by atomic mass is 19.1. The number of aromatic nitrogens is 2. The molecule has 1 aliphatic carbocycles. The second-order valence-corrected chi connectivity index (χ2v) is 9.46. The third kappa shape index (κ3) is 5.25. The number of benzene rings is 2. The molecule has 2 heterocycles. The summed E-state index contributed by atoms with van der Waals surface area (Å²) in [5.41, 5.74) is 4.94. The number of hydrogen-bond acceptors (Lipinski definition) is 6. The highest BCUT2D eigenvalue weighted by Gasteiger charge is 2.30. The topological polar surface area (TPSA) is 109 Å². The Bertz CT molecular complexity index is 1230. The van der Waals surface area contributed by atoms with Gasteiger partial charge in [0.1, 0.15) is 5.82 Å². The lowest BCUT2D eigenvalue weighted by atomic mass is 9.85. The second-order valence-electron chi connectivity index (χ2n) is 9.46. The summed E-state index contributed by atoms with van der Waals surface area (Å²) in [4.78, 5) is 32.0. The number of halogens is 1. The molecular weight excluding hydrogens is 465 g/mol. The molecule has 0 radical (unpaired) electrons. The Morgan fingerprint density at radius 1 is 1.06 bits per heavy atom. The van der Waals surface area contributed by atoms with Crippen LogP contribution in [0.4, 0.5) is 10.3 Å². The molecule has 3 aromatic rings. The van der Waals surface area contributed by atoms with Gasteiger partial charge >= 0.3 is 0 Å². The van der Waals surface area contributed by atoms with Crippen molar-refractivity contribution in [2.45, 2.75) is 38.3 Å². The van der Waals surface area contributed by atoms with Gasteiger partial charge in [0.15, 0.2) is 0 Å². The van der Waals surface area contributed by atoms with Gasteiger partial charge in [0.25, 0.3) is 5.91 Å². The molecule has 190 valence electrons. The zero-order valence-corrected chi connectivity index (χ0v) is 20.0. The van der Waals surface area contributed by atoms with E-state index in [0.29, 0.717) is 37.2 Å². The molecule has 0 spiro atoms. The van der Waals surface area contributed by atoms with Crippen LogP contribution < -0.4 is 10.8 Å². The van der Waals surface area contributed by atoms with Crippen LogP contribution in [0.5, 0.6) is 0 Å². The Morgan fingerprint density at radius 3 is 2.47 bits per heavy atom. The van der Waals surface area contributed by atoms with Gasteiger partial charge in [-0.25, -0.2) is 14.9 Å². The van der Waals surface area contributed by atoms with E-state index in [0.717, 1.165) is 49.4 Å². The molecule has 2 aromatic carbocycles. The van der Waals surface area contributed by atoms with Crippen LogP contribution in [0.1, 0.15) is 47.6 Å². The van der Waals surface area contributed by atoms with E-state index in [9.17, 15) is 14.0 Å². The van der Waals surface area contributed by atoms with Gasteiger partial charge < -0.3 is 9.30 Å². The number of ether oxygens (including phenoxy) is 1. The average molecular weight is 496 g/mol. The number of rotatable bonds is 6. The van der Waals surface area contributed by atoms with Crippen molar-refractivity contribution in [3.8, 4) is 0 Å². The minimum absolute atomic E-state index is 0.0277. The summed E-state index contributed by atoms with van der Waals surface area (Å²) in [5, 5.41) is 11.9. The summed E-state index contributed by atoms with van der Waals surface area (Å²) in [6.07, 6.45) is 2.65. The lowest BCUT2D eigenvalue weighted by Gasteiger charge is -2.30. The van der Waals surface area contributed by atoms with Crippen LogP contribution in [0, 0.1) is 11.7 Å². The van der Waals surface area contributed by atoms with E-state index < -0.39 is 5.82 Å². The second kappa shape index (κ2) is 10.7. The summed E-state index contributed by atoms with van der Waals surface area (Å²) in [7, 11) is 0. The van der Waals surface area contributed by atoms with Gasteiger partial charge in [-0.3, -0.25) is 25.0 Å². The Morgan fingerprint density at radius 2 is 1.78 bits per heavy atom. The van der Waals surface area contributed by atoms with E-state index >= 15 is 0 Å². The molecule has 1 saturated carbocycles. The van der Waals surface area contributed by atoms with Gasteiger partial charge in [-0.05, 0) is 67.6 Å². The van der Waals surface area contributed by atoms with Gasteiger partial charge in [0.05, 0.1) is 24.2 Å². The minimum Gasteiger partial charge on any atom is -0.379 e. The first kappa shape index (κ1) is 24.4. The third-order valence-electron chi connectivity index (χ3n) is 7.14. The molecule has 2 amide bonds. The Kier molecular flexibility index (Phi) is 7.26. The third-order valence-corrected chi connectivity index (χ3v) is 7.14. The normalized spacial score (nSPS) is 20.8. The molecule has 0 unspecified atom stereocenters. The van der Waals surface area contributed by atoms with Crippen molar-refractivity contribution >= 4 is 28.8 Å². The van der Waals surface area contributed by atoms with Gasteiger partial charge in [-0.2, -0.15) is 0 Å². The molecule has 9 nitrogen and oxygen atoms in total. The Balaban J connectivity index is 1.46. The Hall–Kier alpha value is -3.34. The number of hydroxylamine groups is 1. The summed E-state index contributed by atoms with van der Waals surface area (Å²) in [5.74, 6) is -0.946. The fraction of sp³-hybridized carbons (Fsp3) is 0.423. The van der Waals surface area contributed by atoms with Gasteiger partial charge in [0, 0.05) is 37.2 Å². The molecule has 2 fully saturated rings. The minimum atomic E-state index is -0.407. The first-order valence-corrected chi connectivity index (χ1v) is 12.3. The molecule has 10 heteroatoms. The SMILES string of the molecule is O=C(Nc1nc2ccc(CN3CCOCC3)cc2n1C1CCC(C(=O)NO)CC1)c1ccc(F)cc1. The van der Waals surface area contributed by atoms with Crippen LogP contribution in [0.2, 0.25) is 0 Å². The van der Waals surface area contributed by atoms with Crippen LogP contribution in [0.25, 0.3) is 11.0 Å². The fourth-order valence-electron chi connectivity index (χ4n) is 5.17. The zero-order valence-electron chi connectivity index (χ0n) is 20.0. The van der Waals surface area contributed by atoms with Crippen molar-refractivity contribution in [2.75, 3.05) is 31.6 Å². The van der Waals surface area contributed by atoms with Crippen LogP contribution in [-0.2, 0) is 16.1 Å². The molecule has 1 aliphatic heterocycles. The molecule has 36 heavy (non-hydrogen) atoms. The summed E-state index contributed by atoms with van der Waals surface area (Å²) in [6, 6.07) is 11.6. The highest BCUT2D eigenvalue weighted by molar-refractivity contribution is 6.04. The van der Waals surface area contributed by atoms with Crippen molar-refractivity contribution < 1.29 is 23.9 Å². The van der Waals surface area contributed by atoms with E-state index in [1.807, 2.05) is 6.07 Å². The monoisotopic (exact) mass is 495 g/mol. The van der Waals surface area contributed by atoms with Crippen molar-refractivity contribution in [3.05, 3.63) is 59.4 Å². The number of carbonyl (C=O) groups excluding carboxylic acids is 2. The van der Waals surface area contributed by atoms with Gasteiger partial charge in [-0.1, -0.05) is 6.07 Å². The van der Waals surface area contributed by atoms with E-state index in [4.69, 9.17) is 14.9 Å². The summed E-state index contributed by atoms with van der Waals surface area (Å²) < 4.78 is 20.9. The number of fused-ring (bicyclic) bond motifs is 1. The largest absolute Gasteiger partial charge is 0.379 e. The number of morpholine rings is 1. The van der Waals surface area contributed by atoms with Gasteiger partial charge in [0.2, 0.25) is 11.9 Å². The maximum absolute atomic E-state index is 13.3. The number of nitrogens with zero attached hydrogens (tertiary/aromatic N) is 3. The maximum Gasteiger partial charge on any atom is 0.257 e. The van der Waals surface area contributed by atoms with Crippen LogP contribution >= 0.6 is 0 Å². The van der Waals surface area contributed by atoms with E-state index in [1.165, 1.54) is 24.3 Å². The van der Waals surface area contributed by atoms with Crippen LogP contribution in [0.3, 0.4) is 0 Å². The summed E-state index contributed by atoms with van der Waals surface area (Å²) in [6.45, 7) is 4.01. The molecule has 2 aliphatic rings. The number of anilines is 1. The standard InChI is InChI=1S/C26H30FN5O4/c27-20-6-2-18(3-7-20)24(33)29-26-28-22-10-1-17(16-31-11-13-36-14-12-31)15-23(22)32(26)21-8-4-19(5-9-21)25(34)30-35/h1-3,6-7,10,15,19,21,35H,4-5,8-9,11-14,16H2,(H,30,34)(H,28,29,33). The van der Waals surface area contributed by atoms with E-state index in [2.05, 4.69) is 26.9 Å². The van der Waals surface area contributed by atoms with Crippen LogP contribution in [-0.4, -0.2) is 57.8 Å². The van der Waals surface area contributed by atoms with Crippen molar-refractivity contribution in [1.82, 2.24) is 19.9 Å². The van der Waals surface area contributed by atoms with Crippen molar-refractivity contribution in [1.29, 1.82) is 0 Å². The molecule has 5 rings (SSSR count). The summed E-state index contributed by atoms with van der Waals surface area (Å²) >= 11 is 0. The van der Waals surface area contributed by atoms with E-state index in [-0.39, 0.29) is 23.8 Å². The first-order valence-electron chi connectivity index (χ1n) is 12.3. The quantitative estimate of drug-likeness (QED) is 0.357. The average Bonchev–Trinajstić information content (AvgIpc) is 3.26. The highest BCUT2D eigenvalue weighted by Crippen LogP contribution is 2.37.